The molecule has 1 aliphatic carbocycles. The van der Waals surface area contributed by atoms with Gasteiger partial charge in [-0.1, -0.05) is 18.2 Å². The number of pyridine rings is 1. The number of ether oxygens (including phenoxy) is 1. The Morgan fingerprint density at radius 2 is 1.78 bits per heavy atom. The molecule has 1 amide bonds. The van der Waals surface area contributed by atoms with Gasteiger partial charge in [-0.3, -0.25) is 4.79 Å². The molecular formula is C24H31N3O4S. The molecule has 0 unspecified atom stereocenters. The average Bonchev–Trinajstić information content (AvgIpc) is 3.52. The Hall–Kier alpha value is -2.45. The molecule has 7 nitrogen and oxygen atoms in total. The van der Waals surface area contributed by atoms with E-state index in [0.717, 1.165) is 36.8 Å². The molecule has 2 aromatic rings. The highest BCUT2D eigenvalue weighted by molar-refractivity contribution is 7.89. The molecule has 1 aromatic heterocycles. The van der Waals surface area contributed by atoms with Crippen molar-refractivity contribution in [2.24, 2.45) is 0 Å². The first-order chi connectivity index (χ1) is 15.5. The lowest BCUT2D eigenvalue weighted by Crippen LogP contribution is -2.27. The van der Waals surface area contributed by atoms with Crippen molar-refractivity contribution in [1.29, 1.82) is 0 Å². The summed E-state index contributed by atoms with van der Waals surface area (Å²) in [5, 5.41) is 2.95. The maximum atomic E-state index is 12.6. The molecule has 0 radical (unpaired) electrons. The summed E-state index contributed by atoms with van der Waals surface area (Å²) in [6, 6.07) is 10.7. The van der Waals surface area contributed by atoms with E-state index in [9.17, 15) is 13.2 Å². The van der Waals surface area contributed by atoms with E-state index in [0.29, 0.717) is 43.3 Å². The second-order valence-corrected chi connectivity index (χ2v) is 10.5. The molecular weight excluding hydrogens is 426 g/mol. The number of nitrogens with zero attached hydrogens (tertiary/aromatic N) is 2. The van der Waals surface area contributed by atoms with Crippen molar-refractivity contribution < 1.29 is 17.9 Å². The van der Waals surface area contributed by atoms with Crippen LogP contribution < -0.4 is 10.1 Å². The lowest BCUT2D eigenvalue weighted by Gasteiger charge is -2.16. The molecule has 0 bridgehead atoms. The zero-order chi connectivity index (χ0) is 22.4. The number of rotatable bonds is 9. The Morgan fingerprint density at radius 3 is 2.50 bits per heavy atom. The molecule has 4 rings (SSSR count). The van der Waals surface area contributed by atoms with E-state index in [1.54, 1.807) is 34.8 Å². The molecule has 0 spiro atoms. The fraction of sp³-hybridized carbons (Fsp3) is 0.500. The predicted octanol–water partition coefficient (Wildman–Crippen LogP) is 3.44. The Labute approximate surface area is 190 Å². The minimum atomic E-state index is -3.40. The van der Waals surface area contributed by atoms with E-state index in [1.165, 1.54) is 12.8 Å². The van der Waals surface area contributed by atoms with Crippen LogP contribution in [0.3, 0.4) is 0 Å². The Balaban J connectivity index is 1.26. The van der Waals surface area contributed by atoms with Crippen LogP contribution in [0.2, 0.25) is 0 Å². The first kappa shape index (κ1) is 22.7. The lowest BCUT2D eigenvalue weighted by atomic mass is 10.1. The summed E-state index contributed by atoms with van der Waals surface area (Å²) in [5.41, 5.74) is 1.82. The van der Waals surface area contributed by atoms with Crippen molar-refractivity contribution in [3.8, 4) is 5.88 Å². The van der Waals surface area contributed by atoms with Crippen LogP contribution in [0.1, 0.15) is 56.1 Å². The van der Waals surface area contributed by atoms with Gasteiger partial charge in [-0.2, -0.15) is 4.31 Å². The van der Waals surface area contributed by atoms with Gasteiger partial charge in [-0.05, 0) is 68.7 Å². The van der Waals surface area contributed by atoms with Gasteiger partial charge in [0.15, 0.2) is 0 Å². The van der Waals surface area contributed by atoms with Crippen molar-refractivity contribution in [2.45, 2.75) is 68.9 Å². The highest BCUT2D eigenvalue weighted by atomic mass is 32.2. The first-order valence-corrected chi connectivity index (χ1v) is 12.9. The number of hydrogen-bond donors (Lipinski definition) is 1. The zero-order valence-corrected chi connectivity index (χ0v) is 19.1. The summed E-state index contributed by atoms with van der Waals surface area (Å²) in [6.07, 6.45) is 9.13. The van der Waals surface area contributed by atoms with E-state index < -0.39 is 10.0 Å². The minimum absolute atomic E-state index is 0.0607. The monoisotopic (exact) mass is 457 g/mol. The molecule has 32 heavy (non-hydrogen) atoms. The normalized spacial score (nSPS) is 17.5. The fourth-order valence-electron chi connectivity index (χ4n) is 4.27. The lowest BCUT2D eigenvalue weighted by molar-refractivity contribution is -0.121. The minimum Gasteiger partial charge on any atom is -0.474 e. The fourth-order valence-corrected chi connectivity index (χ4v) is 5.79. The van der Waals surface area contributed by atoms with Gasteiger partial charge in [0.05, 0.1) is 4.90 Å². The number of nitrogens with one attached hydrogen (secondary N) is 1. The van der Waals surface area contributed by atoms with Crippen LogP contribution in [0.25, 0.3) is 0 Å². The third-order valence-corrected chi connectivity index (χ3v) is 8.09. The van der Waals surface area contributed by atoms with E-state index >= 15 is 0 Å². The number of aryl methyl sites for hydroxylation is 1. The molecule has 1 aliphatic heterocycles. The number of amides is 1. The number of carbonyl (C=O) groups excluding carboxylic acids is 1. The van der Waals surface area contributed by atoms with Gasteiger partial charge in [0, 0.05) is 37.8 Å². The molecule has 2 fully saturated rings. The van der Waals surface area contributed by atoms with Crippen LogP contribution in [-0.4, -0.2) is 42.8 Å². The number of benzene rings is 1. The van der Waals surface area contributed by atoms with E-state index in [2.05, 4.69) is 10.3 Å². The van der Waals surface area contributed by atoms with Crippen LogP contribution >= 0.6 is 0 Å². The summed E-state index contributed by atoms with van der Waals surface area (Å²) in [7, 11) is -3.40. The molecule has 2 heterocycles. The van der Waals surface area contributed by atoms with Gasteiger partial charge in [0.1, 0.15) is 6.10 Å². The second-order valence-electron chi connectivity index (χ2n) is 8.52. The van der Waals surface area contributed by atoms with E-state index in [-0.39, 0.29) is 12.0 Å². The van der Waals surface area contributed by atoms with Gasteiger partial charge in [-0.25, -0.2) is 13.4 Å². The van der Waals surface area contributed by atoms with E-state index in [4.69, 9.17) is 4.74 Å². The number of carbonyl (C=O) groups is 1. The summed E-state index contributed by atoms with van der Waals surface area (Å²) in [5.74, 6) is 0.545. The Morgan fingerprint density at radius 1 is 1.06 bits per heavy atom. The van der Waals surface area contributed by atoms with Gasteiger partial charge in [0.2, 0.25) is 21.8 Å². The summed E-state index contributed by atoms with van der Waals surface area (Å²) < 4.78 is 32.8. The van der Waals surface area contributed by atoms with Crippen LogP contribution in [-0.2, 0) is 27.8 Å². The number of aromatic nitrogens is 1. The summed E-state index contributed by atoms with van der Waals surface area (Å²) in [6.45, 7) is 1.56. The van der Waals surface area contributed by atoms with Crippen LogP contribution in [0.4, 0.5) is 0 Å². The highest BCUT2D eigenvalue weighted by Gasteiger charge is 2.26. The smallest absolute Gasteiger partial charge is 0.243 e. The SMILES string of the molecule is O=C(CCc1ccc(S(=O)(=O)N2CCCC2)cc1)NCc1cccnc1OC1CCCC1. The molecule has 1 saturated carbocycles. The predicted molar refractivity (Wildman–Crippen MR) is 122 cm³/mol. The third-order valence-electron chi connectivity index (χ3n) is 6.17. The van der Waals surface area contributed by atoms with Gasteiger partial charge in [0.25, 0.3) is 0 Å². The highest BCUT2D eigenvalue weighted by Crippen LogP contribution is 2.25. The molecule has 2 aliphatic rings. The van der Waals surface area contributed by atoms with E-state index in [1.807, 2.05) is 12.1 Å². The van der Waals surface area contributed by atoms with Crippen molar-refractivity contribution >= 4 is 15.9 Å². The van der Waals surface area contributed by atoms with Crippen LogP contribution in [0, 0.1) is 0 Å². The molecule has 1 aromatic carbocycles. The average molecular weight is 458 g/mol. The van der Waals surface area contributed by atoms with Gasteiger partial charge in [-0.15, -0.1) is 0 Å². The molecule has 8 heteroatoms. The van der Waals surface area contributed by atoms with Crippen molar-refractivity contribution in [3.63, 3.8) is 0 Å². The molecule has 1 N–H and O–H groups in total. The summed E-state index contributed by atoms with van der Waals surface area (Å²) >= 11 is 0. The first-order valence-electron chi connectivity index (χ1n) is 11.5. The van der Waals surface area contributed by atoms with Crippen molar-refractivity contribution in [2.75, 3.05) is 13.1 Å². The van der Waals surface area contributed by atoms with Crippen molar-refractivity contribution in [3.05, 3.63) is 53.7 Å². The van der Waals surface area contributed by atoms with Gasteiger partial charge < -0.3 is 10.1 Å². The molecule has 0 atom stereocenters. The Kier molecular flexibility index (Phi) is 7.42. The Bertz CT molecular complexity index is 1010. The third kappa shape index (κ3) is 5.66. The molecule has 172 valence electrons. The zero-order valence-electron chi connectivity index (χ0n) is 18.3. The topological polar surface area (TPSA) is 88.6 Å². The maximum absolute atomic E-state index is 12.6. The second kappa shape index (κ2) is 10.4. The quantitative estimate of drug-likeness (QED) is 0.623. The largest absolute Gasteiger partial charge is 0.474 e. The van der Waals surface area contributed by atoms with Crippen LogP contribution in [0.15, 0.2) is 47.5 Å². The van der Waals surface area contributed by atoms with Crippen molar-refractivity contribution in [1.82, 2.24) is 14.6 Å². The maximum Gasteiger partial charge on any atom is 0.243 e. The standard InChI is InChI=1S/C24H31N3O4S/c28-23(26-18-20-6-5-15-25-24(20)31-21-7-1-2-8-21)14-11-19-9-12-22(13-10-19)32(29,30)27-16-3-4-17-27/h5-6,9-10,12-13,15,21H,1-4,7-8,11,14,16-18H2,(H,26,28). The summed E-state index contributed by atoms with van der Waals surface area (Å²) in [4.78, 5) is 17.0. The molecule has 1 saturated heterocycles. The van der Waals surface area contributed by atoms with Gasteiger partial charge >= 0.3 is 0 Å². The number of hydrogen-bond acceptors (Lipinski definition) is 5. The number of sulfonamides is 1. The van der Waals surface area contributed by atoms with Crippen LogP contribution in [0.5, 0.6) is 5.88 Å².